The first-order valence-corrected chi connectivity index (χ1v) is 5.97. The molecule has 100 valence electrons. The molecular formula is C13H19FN2O2. The molecule has 1 aromatic rings. The third kappa shape index (κ3) is 4.71. The Bertz CT molecular complexity index is 397. The van der Waals surface area contributed by atoms with Gasteiger partial charge in [0.25, 0.3) is 0 Å². The highest BCUT2D eigenvalue weighted by atomic mass is 19.1. The smallest absolute Gasteiger partial charge is 0.233 e. The van der Waals surface area contributed by atoms with E-state index in [-0.39, 0.29) is 18.3 Å². The molecule has 4 nitrogen and oxygen atoms in total. The summed E-state index contributed by atoms with van der Waals surface area (Å²) >= 11 is 0. The van der Waals surface area contributed by atoms with Gasteiger partial charge in [0.2, 0.25) is 5.91 Å². The molecule has 0 radical (unpaired) electrons. The first kappa shape index (κ1) is 14.4. The Labute approximate surface area is 107 Å². The second-order valence-corrected chi connectivity index (χ2v) is 3.91. The minimum Gasteiger partial charge on any atom is -0.497 e. The maximum absolute atomic E-state index is 13.5. The third-order valence-electron chi connectivity index (χ3n) is 2.43. The summed E-state index contributed by atoms with van der Waals surface area (Å²) in [4.78, 5) is 11.3. The van der Waals surface area contributed by atoms with Gasteiger partial charge >= 0.3 is 0 Å². The Kier molecular flexibility index (Phi) is 6.14. The number of amides is 1. The molecule has 5 heteroatoms. The van der Waals surface area contributed by atoms with Crippen LogP contribution in [0.5, 0.6) is 5.75 Å². The Balaban J connectivity index is 2.37. The van der Waals surface area contributed by atoms with Gasteiger partial charge in [0.15, 0.2) is 0 Å². The van der Waals surface area contributed by atoms with Crippen molar-refractivity contribution in [1.29, 1.82) is 0 Å². The fourth-order valence-electron chi connectivity index (χ4n) is 1.44. The van der Waals surface area contributed by atoms with Gasteiger partial charge in [-0.25, -0.2) is 4.39 Å². The van der Waals surface area contributed by atoms with Crippen molar-refractivity contribution in [3.05, 3.63) is 29.6 Å². The zero-order valence-electron chi connectivity index (χ0n) is 10.8. The Morgan fingerprint density at radius 1 is 1.44 bits per heavy atom. The zero-order chi connectivity index (χ0) is 13.4. The fraction of sp³-hybridized carbons (Fsp3) is 0.462. The van der Waals surface area contributed by atoms with Gasteiger partial charge in [-0.15, -0.1) is 0 Å². The highest BCUT2D eigenvalue weighted by molar-refractivity contribution is 5.77. The first-order valence-electron chi connectivity index (χ1n) is 5.97. The summed E-state index contributed by atoms with van der Waals surface area (Å²) in [7, 11) is 1.49. The molecule has 0 heterocycles. The minimum atomic E-state index is -0.337. The van der Waals surface area contributed by atoms with E-state index in [0.29, 0.717) is 24.4 Å². The summed E-state index contributed by atoms with van der Waals surface area (Å²) in [6.45, 7) is 3.15. The van der Waals surface area contributed by atoms with Crippen LogP contribution in [0.15, 0.2) is 18.2 Å². The van der Waals surface area contributed by atoms with Gasteiger partial charge in [0, 0.05) is 24.7 Å². The maximum Gasteiger partial charge on any atom is 0.233 e. The number of carbonyl (C=O) groups is 1. The standard InChI is InChI=1S/C13H19FN2O2/c1-3-6-16-13(17)9-15-8-10-4-5-11(18-2)7-12(10)14/h4-5,7,15H,3,6,8-9H2,1-2H3,(H,16,17). The normalized spacial score (nSPS) is 10.2. The molecular weight excluding hydrogens is 235 g/mol. The molecule has 0 aliphatic carbocycles. The number of hydrogen-bond donors (Lipinski definition) is 2. The number of nitrogens with one attached hydrogen (secondary N) is 2. The molecule has 0 bridgehead atoms. The average Bonchev–Trinajstić information content (AvgIpc) is 2.38. The van der Waals surface area contributed by atoms with Crippen LogP contribution in [-0.2, 0) is 11.3 Å². The number of hydrogen-bond acceptors (Lipinski definition) is 3. The summed E-state index contributed by atoms with van der Waals surface area (Å²) in [6.07, 6.45) is 0.902. The van der Waals surface area contributed by atoms with E-state index in [1.54, 1.807) is 12.1 Å². The van der Waals surface area contributed by atoms with E-state index in [4.69, 9.17) is 4.74 Å². The number of methoxy groups -OCH3 is 1. The number of benzene rings is 1. The molecule has 0 fully saturated rings. The van der Waals surface area contributed by atoms with Gasteiger partial charge in [-0.2, -0.15) is 0 Å². The van der Waals surface area contributed by atoms with Crippen LogP contribution in [0.4, 0.5) is 4.39 Å². The van der Waals surface area contributed by atoms with E-state index in [1.807, 2.05) is 6.92 Å². The van der Waals surface area contributed by atoms with Crippen molar-refractivity contribution in [3.8, 4) is 5.75 Å². The van der Waals surface area contributed by atoms with Crippen LogP contribution in [0.25, 0.3) is 0 Å². The molecule has 18 heavy (non-hydrogen) atoms. The van der Waals surface area contributed by atoms with Gasteiger partial charge < -0.3 is 15.4 Å². The van der Waals surface area contributed by atoms with Gasteiger partial charge in [-0.05, 0) is 12.5 Å². The van der Waals surface area contributed by atoms with E-state index in [1.165, 1.54) is 13.2 Å². The lowest BCUT2D eigenvalue weighted by Gasteiger charge is -2.07. The zero-order valence-corrected chi connectivity index (χ0v) is 10.8. The van der Waals surface area contributed by atoms with Gasteiger partial charge in [-0.3, -0.25) is 4.79 Å². The van der Waals surface area contributed by atoms with Gasteiger partial charge in [0.1, 0.15) is 11.6 Å². The monoisotopic (exact) mass is 254 g/mol. The summed E-state index contributed by atoms with van der Waals surface area (Å²) in [5, 5.41) is 5.63. The molecule has 1 amide bonds. The molecule has 1 rings (SSSR count). The highest BCUT2D eigenvalue weighted by Crippen LogP contribution is 2.15. The Morgan fingerprint density at radius 3 is 2.83 bits per heavy atom. The van der Waals surface area contributed by atoms with E-state index in [0.717, 1.165) is 6.42 Å². The van der Waals surface area contributed by atoms with Crippen molar-refractivity contribution in [3.63, 3.8) is 0 Å². The van der Waals surface area contributed by atoms with Crippen LogP contribution in [0, 0.1) is 5.82 Å². The topological polar surface area (TPSA) is 50.4 Å². The Morgan fingerprint density at radius 2 is 2.22 bits per heavy atom. The second-order valence-electron chi connectivity index (χ2n) is 3.91. The van der Waals surface area contributed by atoms with E-state index >= 15 is 0 Å². The SMILES string of the molecule is CCCNC(=O)CNCc1ccc(OC)cc1F. The van der Waals surface area contributed by atoms with Crippen LogP contribution >= 0.6 is 0 Å². The minimum absolute atomic E-state index is 0.0780. The third-order valence-corrected chi connectivity index (χ3v) is 2.43. The first-order chi connectivity index (χ1) is 8.67. The molecule has 0 aliphatic rings. The van der Waals surface area contributed by atoms with Crippen LogP contribution in [0.2, 0.25) is 0 Å². The summed E-state index contributed by atoms with van der Waals surface area (Å²) < 4.78 is 18.5. The summed E-state index contributed by atoms with van der Waals surface area (Å²) in [5.41, 5.74) is 0.513. The molecule has 0 aromatic heterocycles. The Hall–Kier alpha value is -1.62. The number of rotatable bonds is 7. The summed E-state index contributed by atoms with van der Waals surface area (Å²) in [6, 6.07) is 4.66. The predicted octanol–water partition coefficient (Wildman–Crippen LogP) is 1.45. The van der Waals surface area contributed by atoms with Crippen LogP contribution < -0.4 is 15.4 Å². The number of carbonyl (C=O) groups excluding carboxylic acids is 1. The molecule has 1 aromatic carbocycles. The van der Waals surface area contributed by atoms with Crippen molar-refractivity contribution >= 4 is 5.91 Å². The molecule has 0 saturated heterocycles. The number of halogens is 1. The van der Waals surface area contributed by atoms with Crippen molar-refractivity contribution < 1.29 is 13.9 Å². The van der Waals surface area contributed by atoms with Crippen LogP contribution in [0.1, 0.15) is 18.9 Å². The molecule has 2 N–H and O–H groups in total. The quantitative estimate of drug-likeness (QED) is 0.774. The van der Waals surface area contributed by atoms with Crippen molar-refractivity contribution in [1.82, 2.24) is 10.6 Å². The molecule has 0 atom stereocenters. The number of ether oxygens (including phenoxy) is 1. The lowest BCUT2D eigenvalue weighted by atomic mass is 10.2. The maximum atomic E-state index is 13.5. The lowest BCUT2D eigenvalue weighted by molar-refractivity contribution is -0.120. The largest absolute Gasteiger partial charge is 0.497 e. The van der Waals surface area contributed by atoms with Gasteiger partial charge in [0.05, 0.1) is 13.7 Å². The highest BCUT2D eigenvalue weighted by Gasteiger charge is 2.05. The predicted molar refractivity (Wildman–Crippen MR) is 68.0 cm³/mol. The van der Waals surface area contributed by atoms with Crippen LogP contribution in [-0.4, -0.2) is 26.1 Å². The molecule has 0 unspecified atom stereocenters. The van der Waals surface area contributed by atoms with E-state index in [2.05, 4.69) is 10.6 Å². The fourth-order valence-corrected chi connectivity index (χ4v) is 1.44. The molecule has 0 spiro atoms. The van der Waals surface area contributed by atoms with Gasteiger partial charge in [-0.1, -0.05) is 13.0 Å². The van der Waals surface area contributed by atoms with E-state index < -0.39 is 0 Å². The van der Waals surface area contributed by atoms with E-state index in [9.17, 15) is 9.18 Å². The second kappa shape index (κ2) is 7.66. The molecule has 0 aliphatic heterocycles. The van der Waals surface area contributed by atoms with Crippen molar-refractivity contribution in [2.75, 3.05) is 20.2 Å². The van der Waals surface area contributed by atoms with Crippen molar-refractivity contribution in [2.45, 2.75) is 19.9 Å². The molecule has 0 saturated carbocycles. The average molecular weight is 254 g/mol. The summed E-state index contributed by atoms with van der Waals surface area (Å²) in [5.74, 6) is 0.0681. The van der Waals surface area contributed by atoms with Crippen LogP contribution in [0.3, 0.4) is 0 Å². The lowest BCUT2D eigenvalue weighted by Crippen LogP contribution is -2.34. The van der Waals surface area contributed by atoms with Crippen molar-refractivity contribution in [2.24, 2.45) is 0 Å².